The maximum Gasteiger partial charge on any atom is 0.273 e. The Morgan fingerprint density at radius 2 is 2.25 bits per heavy atom. The molecule has 0 spiro atoms. The first-order chi connectivity index (χ1) is 9.63. The molecule has 2 heterocycles. The van der Waals surface area contributed by atoms with Gasteiger partial charge in [0.1, 0.15) is 0 Å². The van der Waals surface area contributed by atoms with Crippen LogP contribution in [0.2, 0.25) is 0 Å². The lowest BCUT2D eigenvalue weighted by molar-refractivity contribution is 0.0949. The van der Waals surface area contributed by atoms with E-state index < -0.39 is 0 Å². The van der Waals surface area contributed by atoms with Crippen molar-refractivity contribution >= 4 is 11.6 Å². The molecule has 0 aliphatic carbocycles. The molecule has 7 nitrogen and oxygen atoms in total. The molecule has 0 atom stereocenters. The number of anilines is 1. The summed E-state index contributed by atoms with van der Waals surface area (Å²) in [6.07, 6.45) is 4.26. The normalized spacial score (nSPS) is 10.7. The van der Waals surface area contributed by atoms with E-state index in [4.69, 9.17) is 5.73 Å². The van der Waals surface area contributed by atoms with E-state index in [-0.39, 0.29) is 11.6 Å². The minimum atomic E-state index is -0.234. The summed E-state index contributed by atoms with van der Waals surface area (Å²) in [6.45, 7) is 4.52. The predicted octanol–water partition coefficient (Wildman–Crippen LogP) is 0.948. The van der Waals surface area contributed by atoms with Gasteiger partial charge in [-0.1, -0.05) is 6.92 Å². The van der Waals surface area contributed by atoms with Crippen molar-refractivity contribution in [2.24, 2.45) is 0 Å². The molecule has 2 aromatic heterocycles. The van der Waals surface area contributed by atoms with Gasteiger partial charge in [0.2, 0.25) is 0 Å². The fourth-order valence-corrected chi connectivity index (χ4v) is 2.02. The Labute approximate surface area is 117 Å². The molecule has 2 aromatic rings. The minimum absolute atomic E-state index is 0.234. The van der Waals surface area contributed by atoms with Crippen LogP contribution in [0, 0.1) is 6.92 Å². The Hall–Kier alpha value is -2.31. The summed E-state index contributed by atoms with van der Waals surface area (Å²) in [4.78, 5) is 11.9. The third kappa shape index (κ3) is 2.98. The summed E-state index contributed by atoms with van der Waals surface area (Å²) in [6, 6.07) is 0. The van der Waals surface area contributed by atoms with Gasteiger partial charge in [0.15, 0.2) is 5.69 Å². The zero-order chi connectivity index (χ0) is 14.5. The lowest BCUT2D eigenvalue weighted by Gasteiger charge is -2.04. The number of nitrogens with zero attached hydrogens (tertiary/aromatic N) is 2. The molecular weight excluding hydrogens is 256 g/mol. The average molecular weight is 276 g/mol. The van der Waals surface area contributed by atoms with E-state index in [0.29, 0.717) is 12.2 Å². The molecule has 0 aliphatic rings. The summed E-state index contributed by atoms with van der Waals surface area (Å²) >= 11 is 0. The van der Waals surface area contributed by atoms with Gasteiger partial charge in [0, 0.05) is 12.2 Å². The van der Waals surface area contributed by atoms with E-state index in [1.165, 1.54) is 5.56 Å². The highest BCUT2D eigenvalue weighted by atomic mass is 16.1. The van der Waals surface area contributed by atoms with Crippen LogP contribution in [0.1, 0.15) is 40.8 Å². The number of nitrogens with two attached hydrogens (primary N) is 1. The van der Waals surface area contributed by atoms with Crippen molar-refractivity contribution in [3.63, 3.8) is 0 Å². The average Bonchev–Trinajstić information content (AvgIpc) is 3.00. The number of H-pyrrole nitrogens is 2. The standard InChI is InChI=1S/C13H20N6O/c1-3-10-11(14)12(19-18-10)13(20)15-6-4-5-9-7-16-17-8(9)2/h7H,3-6,14H2,1-2H3,(H,15,20)(H,16,17)(H,18,19). The van der Waals surface area contributed by atoms with Gasteiger partial charge in [0.05, 0.1) is 17.6 Å². The number of rotatable bonds is 6. The third-order valence-electron chi connectivity index (χ3n) is 3.29. The van der Waals surface area contributed by atoms with Crippen molar-refractivity contribution in [1.29, 1.82) is 0 Å². The van der Waals surface area contributed by atoms with Crippen LogP contribution in [0.15, 0.2) is 6.20 Å². The topological polar surface area (TPSA) is 112 Å². The van der Waals surface area contributed by atoms with Gasteiger partial charge in [-0.15, -0.1) is 0 Å². The van der Waals surface area contributed by atoms with Crippen LogP contribution in [-0.4, -0.2) is 32.8 Å². The summed E-state index contributed by atoms with van der Waals surface area (Å²) < 4.78 is 0. The quantitative estimate of drug-likeness (QED) is 0.588. The van der Waals surface area contributed by atoms with E-state index >= 15 is 0 Å². The van der Waals surface area contributed by atoms with Crippen molar-refractivity contribution in [3.05, 3.63) is 28.8 Å². The Morgan fingerprint density at radius 3 is 2.85 bits per heavy atom. The Morgan fingerprint density at radius 1 is 1.45 bits per heavy atom. The van der Waals surface area contributed by atoms with Crippen molar-refractivity contribution in [3.8, 4) is 0 Å². The highest BCUT2D eigenvalue weighted by Gasteiger charge is 2.15. The summed E-state index contributed by atoms with van der Waals surface area (Å²) in [5.41, 5.74) is 9.61. The maximum atomic E-state index is 11.9. The van der Waals surface area contributed by atoms with Crippen molar-refractivity contribution in [2.75, 3.05) is 12.3 Å². The number of hydrogen-bond acceptors (Lipinski definition) is 4. The maximum absolute atomic E-state index is 11.9. The van der Waals surface area contributed by atoms with E-state index in [2.05, 4.69) is 25.7 Å². The number of carbonyl (C=O) groups is 1. The lowest BCUT2D eigenvalue weighted by Crippen LogP contribution is -2.26. The molecular formula is C13H20N6O. The zero-order valence-electron chi connectivity index (χ0n) is 11.8. The molecule has 0 saturated carbocycles. The second-order valence-corrected chi connectivity index (χ2v) is 4.70. The molecule has 0 aliphatic heterocycles. The van der Waals surface area contributed by atoms with Crippen LogP contribution in [0.4, 0.5) is 5.69 Å². The Bertz CT molecular complexity index is 585. The smallest absolute Gasteiger partial charge is 0.273 e. The number of carbonyl (C=O) groups excluding carboxylic acids is 1. The number of amides is 1. The first-order valence-electron chi connectivity index (χ1n) is 6.73. The lowest BCUT2D eigenvalue weighted by atomic mass is 10.1. The van der Waals surface area contributed by atoms with Gasteiger partial charge in [-0.05, 0) is 31.7 Å². The summed E-state index contributed by atoms with van der Waals surface area (Å²) in [5.74, 6) is -0.234. The number of aromatic nitrogens is 4. The van der Waals surface area contributed by atoms with Gasteiger partial charge in [-0.25, -0.2) is 0 Å². The molecule has 1 amide bonds. The number of nitrogen functional groups attached to an aromatic ring is 1. The van der Waals surface area contributed by atoms with Crippen LogP contribution < -0.4 is 11.1 Å². The zero-order valence-corrected chi connectivity index (χ0v) is 11.8. The van der Waals surface area contributed by atoms with Gasteiger partial charge >= 0.3 is 0 Å². The molecule has 0 bridgehead atoms. The van der Waals surface area contributed by atoms with Gasteiger partial charge in [-0.2, -0.15) is 10.2 Å². The first-order valence-corrected chi connectivity index (χ1v) is 6.73. The fourth-order valence-electron chi connectivity index (χ4n) is 2.02. The first kappa shape index (κ1) is 14.1. The van der Waals surface area contributed by atoms with Crippen LogP contribution in [-0.2, 0) is 12.8 Å². The fraction of sp³-hybridized carbons (Fsp3) is 0.462. The molecule has 2 rings (SSSR count). The van der Waals surface area contributed by atoms with Crippen molar-refractivity contribution in [1.82, 2.24) is 25.7 Å². The molecule has 7 heteroatoms. The highest BCUT2D eigenvalue weighted by molar-refractivity contribution is 5.97. The molecule has 0 fully saturated rings. The molecule has 0 aromatic carbocycles. The molecule has 20 heavy (non-hydrogen) atoms. The summed E-state index contributed by atoms with van der Waals surface area (Å²) in [5, 5.41) is 16.4. The molecule has 0 unspecified atom stereocenters. The number of nitrogens with one attached hydrogen (secondary N) is 3. The van der Waals surface area contributed by atoms with E-state index in [1.807, 2.05) is 20.0 Å². The van der Waals surface area contributed by atoms with Crippen LogP contribution in [0.25, 0.3) is 0 Å². The number of aryl methyl sites for hydroxylation is 3. The van der Waals surface area contributed by atoms with Gasteiger partial charge in [0.25, 0.3) is 5.91 Å². The Kier molecular flexibility index (Phi) is 4.39. The Balaban J connectivity index is 1.80. The second-order valence-electron chi connectivity index (χ2n) is 4.70. The largest absolute Gasteiger partial charge is 0.395 e. The van der Waals surface area contributed by atoms with Crippen LogP contribution in [0.5, 0.6) is 0 Å². The number of hydrogen-bond donors (Lipinski definition) is 4. The highest BCUT2D eigenvalue weighted by Crippen LogP contribution is 2.14. The van der Waals surface area contributed by atoms with Crippen molar-refractivity contribution in [2.45, 2.75) is 33.1 Å². The van der Waals surface area contributed by atoms with Crippen molar-refractivity contribution < 1.29 is 4.79 Å². The van der Waals surface area contributed by atoms with Crippen LogP contribution >= 0.6 is 0 Å². The minimum Gasteiger partial charge on any atom is -0.395 e. The van der Waals surface area contributed by atoms with Gasteiger partial charge < -0.3 is 11.1 Å². The second kappa shape index (κ2) is 6.23. The van der Waals surface area contributed by atoms with E-state index in [9.17, 15) is 4.79 Å². The SMILES string of the molecule is CCc1[nH]nc(C(=O)NCCCc2cn[nH]c2C)c1N. The van der Waals surface area contributed by atoms with E-state index in [1.54, 1.807) is 0 Å². The molecule has 0 saturated heterocycles. The summed E-state index contributed by atoms with van der Waals surface area (Å²) in [7, 11) is 0. The van der Waals surface area contributed by atoms with Gasteiger partial charge in [-0.3, -0.25) is 15.0 Å². The van der Waals surface area contributed by atoms with E-state index in [0.717, 1.165) is 30.7 Å². The predicted molar refractivity (Wildman–Crippen MR) is 76.4 cm³/mol. The molecule has 108 valence electrons. The van der Waals surface area contributed by atoms with Crippen LogP contribution in [0.3, 0.4) is 0 Å². The monoisotopic (exact) mass is 276 g/mol. The number of aromatic amines is 2. The third-order valence-corrected chi connectivity index (χ3v) is 3.29. The molecule has 0 radical (unpaired) electrons. The molecule has 5 N–H and O–H groups in total.